The molecule has 0 aromatic rings. The third-order valence-corrected chi connectivity index (χ3v) is 2.85. The summed E-state index contributed by atoms with van der Waals surface area (Å²) in [6.07, 6.45) is 13.8. The highest BCUT2D eigenvalue weighted by molar-refractivity contribution is 4.47. The second-order valence-electron chi connectivity index (χ2n) is 4.53. The summed E-state index contributed by atoms with van der Waals surface area (Å²) >= 11 is 0. The highest BCUT2D eigenvalue weighted by Crippen LogP contribution is 2.10. The summed E-state index contributed by atoms with van der Waals surface area (Å²) in [4.78, 5) is 5.20. The van der Waals surface area contributed by atoms with E-state index in [1.165, 1.54) is 64.2 Å². The van der Waals surface area contributed by atoms with Crippen molar-refractivity contribution in [1.29, 1.82) is 0 Å². The second kappa shape index (κ2) is 14.9. The van der Waals surface area contributed by atoms with Crippen LogP contribution in [0.3, 0.4) is 0 Å². The SMILES string of the molecule is CCCCCCCCCCCCONCC. The Labute approximate surface area is 102 Å². The molecule has 0 spiro atoms. The van der Waals surface area contributed by atoms with E-state index in [4.69, 9.17) is 4.84 Å². The van der Waals surface area contributed by atoms with E-state index in [0.29, 0.717) is 0 Å². The van der Waals surface area contributed by atoms with Crippen LogP contribution in [0.25, 0.3) is 0 Å². The molecule has 98 valence electrons. The highest BCUT2D eigenvalue weighted by atomic mass is 16.6. The standard InChI is InChI=1S/C14H31NO/c1-3-5-6-7-8-9-10-11-12-13-14-16-15-4-2/h15H,3-14H2,1-2H3. The van der Waals surface area contributed by atoms with Crippen molar-refractivity contribution in [3.05, 3.63) is 0 Å². The van der Waals surface area contributed by atoms with Gasteiger partial charge < -0.3 is 4.84 Å². The highest BCUT2D eigenvalue weighted by Gasteiger charge is 1.92. The van der Waals surface area contributed by atoms with Crippen molar-refractivity contribution in [2.75, 3.05) is 13.2 Å². The Morgan fingerprint density at radius 2 is 1.19 bits per heavy atom. The van der Waals surface area contributed by atoms with Crippen LogP contribution in [0.1, 0.15) is 78.1 Å². The first-order valence-corrected chi connectivity index (χ1v) is 7.26. The number of hydrogen-bond donors (Lipinski definition) is 1. The first kappa shape index (κ1) is 15.9. The molecule has 1 N–H and O–H groups in total. The largest absolute Gasteiger partial charge is 0.302 e. The molecule has 0 unspecified atom stereocenters. The fourth-order valence-corrected chi connectivity index (χ4v) is 1.84. The van der Waals surface area contributed by atoms with Crippen LogP contribution in [-0.4, -0.2) is 13.2 Å². The molecule has 0 bridgehead atoms. The Bertz CT molecular complexity index is 103. The van der Waals surface area contributed by atoms with Gasteiger partial charge in [-0.2, -0.15) is 0 Å². The zero-order chi connectivity index (χ0) is 11.9. The fraction of sp³-hybridized carbons (Fsp3) is 1.00. The van der Waals surface area contributed by atoms with Crippen molar-refractivity contribution in [1.82, 2.24) is 5.48 Å². The molecule has 0 saturated heterocycles. The van der Waals surface area contributed by atoms with Gasteiger partial charge in [0.1, 0.15) is 0 Å². The summed E-state index contributed by atoms with van der Waals surface area (Å²) in [5.41, 5.74) is 2.88. The Morgan fingerprint density at radius 3 is 1.69 bits per heavy atom. The number of unbranched alkanes of at least 4 members (excludes halogenated alkanes) is 9. The van der Waals surface area contributed by atoms with E-state index in [0.717, 1.165) is 13.2 Å². The molecule has 0 aromatic heterocycles. The lowest BCUT2D eigenvalue weighted by Gasteiger charge is -2.03. The van der Waals surface area contributed by atoms with E-state index in [1.807, 2.05) is 0 Å². The topological polar surface area (TPSA) is 21.3 Å². The molecular weight excluding hydrogens is 198 g/mol. The maximum atomic E-state index is 5.20. The van der Waals surface area contributed by atoms with Crippen molar-refractivity contribution < 1.29 is 4.84 Å². The molecule has 0 fully saturated rings. The number of hydrogen-bond acceptors (Lipinski definition) is 2. The normalized spacial score (nSPS) is 10.9. The number of nitrogens with one attached hydrogen (secondary N) is 1. The lowest BCUT2D eigenvalue weighted by molar-refractivity contribution is 0.0419. The zero-order valence-corrected chi connectivity index (χ0v) is 11.4. The van der Waals surface area contributed by atoms with Crippen LogP contribution in [0.15, 0.2) is 0 Å². The Kier molecular flexibility index (Phi) is 14.8. The van der Waals surface area contributed by atoms with Gasteiger partial charge in [0.2, 0.25) is 0 Å². The third-order valence-electron chi connectivity index (χ3n) is 2.85. The van der Waals surface area contributed by atoms with Crippen molar-refractivity contribution in [2.24, 2.45) is 0 Å². The Hall–Kier alpha value is -0.0800. The van der Waals surface area contributed by atoms with Crippen molar-refractivity contribution in [3.8, 4) is 0 Å². The zero-order valence-electron chi connectivity index (χ0n) is 11.4. The summed E-state index contributed by atoms with van der Waals surface area (Å²) in [6, 6.07) is 0. The van der Waals surface area contributed by atoms with Crippen LogP contribution in [0, 0.1) is 0 Å². The van der Waals surface area contributed by atoms with E-state index in [2.05, 4.69) is 19.3 Å². The molecule has 0 atom stereocenters. The molecule has 2 nitrogen and oxygen atoms in total. The van der Waals surface area contributed by atoms with Gasteiger partial charge in [-0.3, -0.25) is 0 Å². The van der Waals surface area contributed by atoms with Gasteiger partial charge in [-0.15, -0.1) is 0 Å². The van der Waals surface area contributed by atoms with E-state index in [9.17, 15) is 0 Å². The smallest absolute Gasteiger partial charge is 0.0682 e. The van der Waals surface area contributed by atoms with Gasteiger partial charge in [0.05, 0.1) is 6.61 Å². The maximum Gasteiger partial charge on any atom is 0.0682 e. The van der Waals surface area contributed by atoms with Crippen LogP contribution >= 0.6 is 0 Å². The molecule has 0 rings (SSSR count). The predicted octanol–water partition coefficient (Wildman–Crippen LogP) is 4.45. The average Bonchev–Trinajstić information content (AvgIpc) is 2.31. The van der Waals surface area contributed by atoms with Crippen LogP contribution in [0.4, 0.5) is 0 Å². The summed E-state index contributed by atoms with van der Waals surface area (Å²) in [5.74, 6) is 0. The minimum Gasteiger partial charge on any atom is -0.302 e. The summed E-state index contributed by atoms with van der Waals surface area (Å²) in [7, 11) is 0. The monoisotopic (exact) mass is 229 g/mol. The number of rotatable bonds is 13. The average molecular weight is 229 g/mol. The van der Waals surface area contributed by atoms with E-state index in [1.54, 1.807) is 0 Å². The van der Waals surface area contributed by atoms with E-state index in [-0.39, 0.29) is 0 Å². The van der Waals surface area contributed by atoms with Crippen molar-refractivity contribution in [2.45, 2.75) is 78.1 Å². The summed E-state index contributed by atoms with van der Waals surface area (Å²) in [6.45, 7) is 6.09. The molecule has 0 saturated carbocycles. The molecule has 0 amide bonds. The quantitative estimate of drug-likeness (QED) is 0.372. The minimum absolute atomic E-state index is 0.865. The fourth-order valence-electron chi connectivity index (χ4n) is 1.84. The molecule has 2 heteroatoms. The minimum atomic E-state index is 0.865. The van der Waals surface area contributed by atoms with Crippen LogP contribution in [0.5, 0.6) is 0 Å². The lowest BCUT2D eigenvalue weighted by atomic mass is 10.1. The molecule has 0 aliphatic rings. The summed E-state index contributed by atoms with van der Waals surface area (Å²) in [5, 5.41) is 0. The molecule has 0 heterocycles. The van der Waals surface area contributed by atoms with Gasteiger partial charge in [-0.1, -0.05) is 71.6 Å². The van der Waals surface area contributed by atoms with Crippen LogP contribution < -0.4 is 5.48 Å². The lowest BCUT2D eigenvalue weighted by Crippen LogP contribution is -2.14. The predicted molar refractivity (Wildman–Crippen MR) is 71.5 cm³/mol. The van der Waals surface area contributed by atoms with Gasteiger partial charge >= 0.3 is 0 Å². The molecule has 16 heavy (non-hydrogen) atoms. The van der Waals surface area contributed by atoms with Gasteiger partial charge in [0.25, 0.3) is 0 Å². The second-order valence-corrected chi connectivity index (χ2v) is 4.53. The van der Waals surface area contributed by atoms with Gasteiger partial charge in [-0.05, 0) is 6.42 Å². The van der Waals surface area contributed by atoms with Crippen molar-refractivity contribution >= 4 is 0 Å². The first-order valence-electron chi connectivity index (χ1n) is 7.26. The molecule has 0 aliphatic carbocycles. The molecular formula is C14H31NO. The molecule has 0 aromatic carbocycles. The van der Waals surface area contributed by atoms with Gasteiger partial charge in [0.15, 0.2) is 0 Å². The van der Waals surface area contributed by atoms with Gasteiger partial charge in [-0.25, -0.2) is 5.48 Å². The summed E-state index contributed by atoms with van der Waals surface area (Å²) < 4.78 is 0. The number of hydroxylamine groups is 1. The Balaban J connectivity index is 2.83. The third kappa shape index (κ3) is 13.9. The Morgan fingerprint density at radius 1 is 0.688 bits per heavy atom. The molecule has 0 radical (unpaired) electrons. The van der Waals surface area contributed by atoms with E-state index < -0.39 is 0 Å². The van der Waals surface area contributed by atoms with Crippen LogP contribution in [0.2, 0.25) is 0 Å². The maximum absolute atomic E-state index is 5.20. The molecule has 0 aliphatic heterocycles. The van der Waals surface area contributed by atoms with Gasteiger partial charge in [0, 0.05) is 6.54 Å². The van der Waals surface area contributed by atoms with Crippen LogP contribution in [-0.2, 0) is 4.84 Å². The van der Waals surface area contributed by atoms with Crippen molar-refractivity contribution in [3.63, 3.8) is 0 Å². The van der Waals surface area contributed by atoms with E-state index >= 15 is 0 Å². The first-order chi connectivity index (χ1) is 7.91.